The Kier molecular flexibility index (Phi) is 8.70. The van der Waals surface area contributed by atoms with Gasteiger partial charge in [-0.3, -0.25) is 14.4 Å². The van der Waals surface area contributed by atoms with Gasteiger partial charge in [-0.05, 0) is 60.2 Å². The SMILES string of the molecule is CN(C(=O)c1ccccc1)c1ccc(NCCC(N)=O)c(N=CNC(=O)c2ccc(-c3ccc(N)cc3)s2)c1. The molecule has 0 unspecified atom stereocenters. The van der Waals surface area contributed by atoms with Crippen LogP contribution in [0, 0.1) is 0 Å². The van der Waals surface area contributed by atoms with Crippen molar-refractivity contribution in [2.24, 2.45) is 10.7 Å². The summed E-state index contributed by atoms with van der Waals surface area (Å²) in [6.07, 6.45) is 1.45. The van der Waals surface area contributed by atoms with Crippen molar-refractivity contribution >= 4 is 58.1 Å². The summed E-state index contributed by atoms with van der Waals surface area (Å²) in [5.74, 6) is -0.914. The molecule has 1 heterocycles. The normalized spacial score (nSPS) is 10.8. The summed E-state index contributed by atoms with van der Waals surface area (Å²) in [6.45, 7) is 0.311. The molecule has 0 aliphatic heterocycles. The molecule has 0 saturated heterocycles. The molecule has 3 aromatic carbocycles. The third kappa shape index (κ3) is 7.08. The number of hydrogen-bond acceptors (Lipinski definition) is 7. The first-order chi connectivity index (χ1) is 18.8. The summed E-state index contributed by atoms with van der Waals surface area (Å²) in [4.78, 5) is 44.3. The highest BCUT2D eigenvalue weighted by molar-refractivity contribution is 7.17. The molecule has 9 nitrogen and oxygen atoms in total. The van der Waals surface area contributed by atoms with Gasteiger partial charge in [-0.15, -0.1) is 11.3 Å². The fourth-order valence-electron chi connectivity index (χ4n) is 3.69. The quantitative estimate of drug-likeness (QED) is 0.132. The molecule has 4 rings (SSSR count). The minimum absolute atomic E-state index is 0.142. The molecule has 10 heteroatoms. The maximum absolute atomic E-state index is 12.9. The molecule has 1 aromatic heterocycles. The Morgan fingerprint density at radius 2 is 1.72 bits per heavy atom. The van der Waals surface area contributed by atoms with Crippen molar-refractivity contribution in [3.05, 3.63) is 95.4 Å². The predicted molar refractivity (Wildman–Crippen MR) is 158 cm³/mol. The van der Waals surface area contributed by atoms with Gasteiger partial charge >= 0.3 is 0 Å². The van der Waals surface area contributed by atoms with Crippen molar-refractivity contribution in [1.29, 1.82) is 0 Å². The molecule has 0 atom stereocenters. The van der Waals surface area contributed by atoms with Crippen molar-refractivity contribution < 1.29 is 14.4 Å². The molecule has 0 aliphatic carbocycles. The predicted octanol–water partition coefficient (Wildman–Crippen LogP) is 4.65. The van der Waals surface area contributed by atoms with Gasteiger partial charge in [0.25, 0.3) is 11.8 Å². The number of rotatable bonds is 10. The van der Waals surface area contributed by atoms with Crippen LogP contribution in [-0.4, -0.2) is 37.7 Å². The monoisotopic (exact) mass is 540 g/mol. The summed E-state index contributed by atoms with van der Waals surface area (Å²) < 4.78 is 0. The number of nitrogen functional groups attached to an aromatic ring is 1. The second-order valence-electron chi connectivity index (χ2n) is 8.59. The molecular weight excluding hydrogens is 512 g/mol. The molecule has 0 bridgehead atoms. The van der Waals surface area contributed by atoms with Crippen LogP contribution in [-0.2, 0) is 4.79 Å². The zero-order valence-electron chi connectivity index (χ0n) is 21.3. The lowest BCUT2D eigenvalue weighted by Gasteiger charge is -2.19. The van der Waals surface area contributed by atoms with E-state index in [4.69, 9.17) is 11.5 Å². The molecular formula is C29H28N6O3S. The van der Waals surface area contributed by atoms with Crippen LogP contribution in [0.1, 0.15) is 26.5 Å². The third-order valence-corrected chi connectivity index (χ3v) is 6.94. The van der Waals surface area contributed by atoms with Crippen molar-refractivity contribution in [2.75, 3.05) is 29.5 Å². The standard InChI is InChI=1S/C29H28N6O3S/c1-35(29(38)20-5-3-2-4-6-20)22-11-12-23(32-16-15-27(31)36)24(17-22)33-18-34-28(37)26-14-13-25(39-26)19-7-9-21(30)10-8-19/h2-14,17-18,32H,15-16,30H2,1H3,(H2,31,36)(H,33,34,37). The fourth-order valence-corrected chi connectivity index (χ4v) is 4.61. The average Bonchev–Trinajstić information content (AvgIpc) is 3.44. The minimum atomic E-state index is -0.432. The van der Waals surface area contributed by atoms with E-state index in [2.05, 4.69) is 15.6 Å². The van der Waals surface area contributed by atoms with Crippen LogP contribution < -0.4 is 27.0 Å². The maximum atomic E-state index is 12.9. The lowest BCUT2D eigenvalue weighted by atomic mass is 10.1. The number of aliphatic imine (C=N–C) groups is 1. The van der Waals surface area contributed by atoms with Crippen LogP contribution in [0.15, 0.2) is 89.9 Å². The summed E-state index contributed by atoms with van der Waals surface area (Å²) in [7, 11) is 1.68. The molecule has 6 N–H and O–H groups in total. The number of amides is 3. The molecule has 3 amide bonds. The van der Waals surface area contributed by atoms with Crippen LogP contribution in [0.5, 0.6) is 0 Å². The van der Waals surface area contributed by atoms with Crippen LogP contribution in [0.25, 0.3) is 10.4 Å². The van der Waals surface area contributed by atoms with E-state index in [1.165, 1.54) is 22.6 Å². The fraction of sp³-hybridized carbons (Fsp3) is 0.103. The molecule has 198 valence electrons. The van der Waals surface area contributed by atoms with E-state index in [1.807, 2.05) is 36.4 Å². The second kappa shape index (κ2) is 12.5. The zero-order chi connectivity index (χ0) is 27.8. The molecule has 4 aromatic rings. The van der Waals surface area contributed by atoms with E-state index in [9.17, 15) is 14.4 Å². The molecule has 0 saturated carbocycles. The molecule has 39 heavy (non-hydrogen) atoms. The highest BCUT2D eigenvalue weighted by atomic mass is 32.1. The number of carbonyl (C=O) groups is 3. The van der Waals surface area contributed by atoms with E-state index in [-0.39, 0.29) is 18.2 Å². The number of benzene rings is 3. The Balaban J connectivity index is 1.51. The molecule has 0 fully saturated rings. The van der Waals surface area contributed by atoms with E-state index in [0.29, 0.717) is 39.7 Å². The maximum Gasteiger partial charge on any atom is 0.266 e. The van der Waals surface area contributed by atoms with Crippen molar-refractivity contribution in [1.82, 2.24) is 5.32 Å². The largest absolute Gasteiger partial charge is 0.399 e. The van der Waals surface area contributed by atoms with Gasteiger partial charge in [-0.2, -0.15) is 0 Å². The number of thiophene rings is 1. The van der Waals surface area contributed by atoms with Gasteiger partial charge in [0.05, 0.1) is 22.6 Å². The first kappa shape index (κ1) is 27.1. The minimum Gasteiger partial charge on any atom is -0.399 e. The molecule has 0 spiro atoms. The lowest BCUT2D eigenvalue weighted by Crippen LogP contribution is -2.26. The number of nitrogens with two attached hydrogens (primary N) is 2. The second-order valence-corrected chi connectivity index (χ2v) is 9.68. The zero-order valence-corrected chi connectivity index (χ0v) is 22.1. The van der Waals surface area contributed by atoms with Gasteiger partial charge in [-0.1, -0.05) is 30.3 Å². The number of nitrogens with zero attached hydrogens (tertiary/aromatic N) is 2. The molecule has 0 radical (unpaired) electrons. The van der Waals surface area contributed by atoms with Crippen molar-refractivity contribution in [2.45, 2.75) is 6.42 Å². The Hall–Kier alpha value is -4.96. The first-order valence-corrected chi connectivity index (χ1v) is 12.9. The van der Waals surface area contributed by atoms with E-state index < -0.39 is 5.91 Å². The average molecular weight is 541 g/mol. The van der Waals surface area contributed by atoms with Gasteiger partial charge in [0.15, 0.2) is 0 Å². The topological polar surface area (TPSA) is 143 Å². The third-order valence-electron chi connectivity index (χ3n) is 5.81. The van der Waals surface area contributed by atoms with Crippen LogP contribution >= 0.6 is 11.3 Å². The van der Waals surface area contributed by atoms with E-state index >= 15 is 0 Å². The van der Waals surface area contributed by atoms with Crippen molar-refractivity contribution in [3.8, 4) is 10.4 Å². The van der Waals surface area contributed by atoms with Crippen molar-refractivity contribution in [3.63, 3.8) is 0 Å². The Morgan fingerprint density at radius 1 is 0.974 bits per heavy atom. The van der Waals surface area contributed by atoms with Crippen LogP contribution in [0.2, 0.25) is 0 Å². The van der Waals surface area contributed by atoms with Gasteiger partial charge < -0.3 is 27.0 Å². The summed E-state index contributed by atoms with van der Waals surface area (Å²) >= 11 is 1.36. The Bertz CT molecular complexity index is 1500. The van der Waals surface area contributed by atoms with Gasteiger partial charge in [0.2, 0.25) is 5.91 Å². The Labute approximate surface area is 230 Å². The highest BCUT2D eigenvalue weighted by Gasteiger charge is 2.15. The van der Waals surface area contributed by atoms with Crippen LogP contribution in [0.3, 0.4) is 0 Å². The summed E-state index contributed by atoms with van der Waals surface area (Å²) in [5.41, 5.74) is 14.9. The first-order valence-electron chi connectivity index (χ1n) is 12.1. The summed E-state index contributed by atoms with van der Waals surface area (Å²) in [5, 5.41) is 5.83. The van der Waals surface area contributed by atoms with E-state index in [1.54, 1.807) is 55.6 Å². The van der Waals surface area contributed by atoms with Gasteiger partial charge in [-0.25, -0.2) is 4.99 Å². The van der Waals surface area contributed by atoms with Crippen LogP contribution in [0.4, 0.5) is 22.7 Å². The van der Waals surface area contributed by atoms with E-state index in [0.717, 1.165) is 10.4 Å². The highest BCUT2D eigenvalue weighted by Crippen LogP contribution is 2.31. The van der Waals surface area contributed by atoms with Gasteiger partial charge in [0, 0.05) is 41.8 Å². The number of primary amides is 1. The lowest BCUT2D eigenvalue weighted by molar-refractivity contribution is -0.117. The Morgan fingerprint density at radius 3 is 2.44 bits per heavy atom. The number of nitrogens with one attached hydrogen (secondary N) is 2. The molecule has 0 aliphatic rings. The smallest absolute Gasteiger partial charge is 0.266 e. The number of anilines is 3. The number of hydrogen-bond donors (Lipinski definition) is 4. The number of carbonyl (C=O) groups excluding carboxylic acids is 3. The van der Waals surface area contributed by atoms with Gasteiger partial charge in [0.1, 0.15) is 0 Å². The summed E-state index contributed by atoms with van der Waals surface area (Å²) in [6, 6.07) is 25.3.